The number of allylic oxidation sites excluding steroid dienone is 2. The lowest BCUT2D eigenvalue weighted by atomic mass is 9.47. The van der Waals surface area contributed by atoms with Crippen LogP contribution in [0.2, 0.25) is 0 Å². The van der Waals surface area contributed by atoms with Crippen molar-refractivity contribution in [3.05, 3.63) is 11.6 Å². The zero-order valence-electron chi connectivity index (χ0n) is 19.7. The number of fused-ring (bicyclic) bond motifs is 5. The van der Waals surface area contributed by atoms with Crippen LogP contribution in [0.4, 0.5) is 0 Å². The molecule has 0 radical (unpaired) electrons. The highest BCUT2D eigenvalue weighted by atomic mass is 35.5. The highest BCUT2D eigenvalue weighted by Crippen LogP contribution is 2.67. The van der Waals surface area contributed by atoms with E-state index in [1.165, 1.54) is 64.7 Å². The van der Waals surface area contributed by atoms with Crippen LogP contribution in [0.5, 0.6) is 0 Å². The van der Waals surface area contributed by atoms with E-state index in [9.17, 15) is 14.7 Å². The Balaban J connectivity index is 0.00000272. The number of esters is 1. The van der Waals surface area contributed by atoms with Crippen LogP contribution in [0.25, 0.3) is 0 Å². The summed E-state index contributed by atoms with van der Waals surface area (Å²) in [5, 5.41) is 9.52. The second-order valence-electron chi connectivity index (χ2n) is 11.3. The number of hydrogen-bond donors (Lipinski definition) is 1. The smallest absolute Gasteiger partial charge is 0.345 e. The number of carboxylic acids is 1. The van der Waals surface area contributed by atoms with Crippen LogP contribution in [0, 0.1) is 40.4 Å². The topological polar surface area (TPSA) is 63.6 Å². The predicted molar refractivity (Wildman–Crippen MR) is 124 cm³/mol. The van der Waals surface area contributed by atoms with Gasteiger partial charge in [0.15, 0.2) is 6.10 Å². The molecule has 0 aliphatic heterocycles. The number of carboxylic acid groups (broad SMARTS) is 1. The van der Waals surface area contributed by atoms with Crippen molar-refractivity contribution < 1.29 is 19.4 Å². The Bertz CT molecular complexity index is 733. The summed E-state index contributed by atoms with van der Waals surface area (Å²) in [4.78, 5) is 23.0. The minimum Gasteiger partial charge on any atom is -0.479 e. The summed E-state index contributed by atoms with van der Waals surface area (Å²) in [5.74, 6) is 1.61. The lowest BCUT2D eigenvalue weighted by Gasteiger charge is -2.58. The van der Waals surface area contributed by atoms with Gasteiger partial charge in [-0.05, 0) is 98.2 Å². The number of ether oxygens (including phenoxy) is 1. The van der Waals surface area contributed by atoms with Crippen molar-refractivity contribution in [1.82, 2.24) is 0 Å². The lowest BCUT2D eigenvalue weighted by Crippen LogP contribution is -2.50. The summed E-state index contributed by atoms with van der Waals surface area (Å²) in [6.07, 6.45) is 13.8. The highest BCUT2D eigenvalue weighted by Gasteiger charge is 2.58. The highest BCUT2D eigenvalue weighted by molar-refractivity contribution is 5.85. The second kappa shape index (κ2) is 9.08. The van der Waals surface area contributed by atoms with Crippen LogP contribution in [-0.2, 0) is 14.3 Å². The number of aliphatic carboxylic acids is 1. The summed E-state index contributed by atoms with van der Waals surface area (Å²) >= 11 is 0. The zero-order chi connectivity index (χ0) is 21.7. The van der Waals surface area contributed by atoms with Gasteiger partial charge >= 0.3 is 11.9 Å². The Morgan fingerprint density at radius 2 is 1.90 bits per heavy atom. The van der Waals surface area contributed by atoms with Crippen molar-refractivity contribution in [3.8, 4) is 0 Å². The van der Waals surface area contributed by atoms with E-state index in [1.54, 1.807) is 5.57 Å². The van der Waals surface area contributed by atoms with E-state index in [-0.39, 0.29) is 23.7 Å². The van der Waals surface area contributed by atoms with Gasteiger partial charge in [-0.2, -0.15) is 0 Å². The maximum absolute atomic E-state index is 11.6. The number of rotatable bonds is 5. The minimum atomic E-state index is -1.02. The molecule has 3 saturated carbocycles. The van der Waals surface area contributed by atoms with Gasteiger partial charge in [-0.3, -0.25) is 4.79 Å². The standard InChI is InChI=1S/C26H40O4.ClH/c1-16(15-23(24(28)29)30-17(2)27)20-10-11-21-19-9-8-18-7-5-6-13-25(18,3)22(19)12-14-26(20,21)4;/h8,16,19-23H,5-7,9-15H2,1-4H3,(H,28,29);1H/t16-,19+,20-,21+,22+,23?,25+,26-;/m1./s1. The molecule has 5 heteroatoms. The Hall–Kier alpha value is -1.03. The zero-order valence-corrected chi connectivity index (χ0v) is 20.5. The first kappa shape index (κ1) is 24.6. The molecule has 176 valence electrons. The molecular weight excluding hydrogens is 412 g/mol. The molecule has 1 unspecified atom stereocenters. The fourth-order valence-corrected chi connectivity index (χ4v) is 8.58. The van der Waals surface area contributed by atoms with Crippen LogP contribution >= 0.6 is 12.4 Å². The molecule has 0 bridgehead atoms. The molecule has 0 heterocycles. The summed E-state index contributed by atoms with van der Waals surface area (Å²) in [6.45, 7) is 8.53. The molecule has 1 N–H and O–H groups in total. The van der Waals surface area contributed by atoms with E-state index in [2.05, 4.69) is 26.8 Å². The van der Waals surface area contributed by atoms with E-state index < -0.39 is 18.0 Å². The van der Waals surface area contributed by atoms with Crippen molar-refractivity contribution in [2.45, 2.75) is 98.0 Å². The largest absolute Gasteiger partial charge is 0.479 e. The fraction of sp³-hybridized carbons (Fsp3) is 0.846. The third kappa shape index (κ3) is 4.18. The maximum Gasteiger partial charge on any atom is 0.345 e. The van der Waals surface area contributed by atoms with Crippen LogP contribution < -0.4 is 0 Å². The van der Waals surface area contributed by atoms with Crippen LogP contribution in [0.1, 0.15) is 91.9 Å². The fourth-order valence-electron chi connectivity index (χ4n) is 8.58. The third-order valence-corrected chi connectivity index (χ3v) is 9.95. The first-order valence-corrected chi connectivity index (χ1v) is 12.3. The Kier molecular flexibility index (Phi) is 7.21. The number of carbonyl (C=O) groups excluding carboxylic acids is 1. The molecule has 8 atom stereocenters. The second-order valence-corrected chi connectivity index (χ2v) is 11.3. The SMILES string of the molecule is CC(=O)OC(C[C@@H](C)[C@H]1CC[C@H]2[C@@H]3CC=C4CCCC[C@]4(C)[C@H]3CC[C@]12C)C(=O)O.Cl. The van der Waals surface area contributed by atoms with E-state index in [4.69, 9.17) is 4.74 Å². The predicted octanol–water partition coefficient (Wildman–Crippen LogP) is 6.42. The summed E-state index contributed by atoms with van der Waals surface area (Å²) < 4.78 is 5.12. The average Bonchev–Trinajstić information content (AvgIpc) is 3.03. The molecule has 0 saturated heterocycles. The van der Waals surface area contributed by atoms with Gasteiger partial charge in [0.1, 0.15) is 0 Å². The molecule has 0 aromatic heterocycles. The Morgan fingerprint density at radius 1 is 1.16 bits per heavy atom. The third-order valence-electron chi connectivity index (χ3n) is 9.95. The van der Waals surface area contributed by atoms with Gasteiger partial charge in [-0.1, -0.05) is 38.8 Å². The molecule has 4 aliphatic rings. The molecule has 4 rings (SSSR count). The van der Waals surface area contributed by atoms with E-state index in [0.29, 0.717) is 17.8 Å². The molecule has 31 heavy (non-hydrogen) atoms. The quantitative estimate of drug-likeness (QED) is 0.386. The van der Waals surface area contributed by atoms with Crippen LogP contribution in [0.15, 0.2) is 11.6 Å². The Morgan fingerprint density at radius 3 is 2.58 bits per heavy atom. The van der Waals surface area contributed by atoms with Gasteiger partial charge in [0.25, 0.3) is 0 Å². The molecular formula is C26H41ClO4. The molecule has 0 amide bonds. The summed E-state index contributed by atoms with van der Waals surface area (Å²) in [7, 11) is 0. The van der Waals surface area contributed by atoms with Gasteiger partial charge in [-0.15, -0.1) is 12.4 Å². The molecule has 0 aromatic rings. The molecule has 4 nitrogen and oxygen atoms in total. The van der Waals surface area contributed by atoms with Crippen molar-refractivity contribution in [3.63, 3.8) is 0 Å². The van der Waals surface area contributed by atoms with Gasteiger partial charge < -0.3 is 9.84 Å². The van der Waals surface area contributed by atoms with Crippen LogP contribution in [0.3, 0.4) is 0 Å². The first-order valence-electron chi connectivity index (χ1n) is 12.3. The number of carbonyl (C=O) groups is 2. The van der Waals surface area contributed by atoms with E-state index >= 15 is 0 Å². The van der Waals surface area contributed by atoms with E-state index in [0.717, 1.165) is 17.8 Å². The lowest BCUT2D eigenvalue weighted by molar-refractivity contribution is -0.164. The summed E-state index contributed by atoms with van der Waals surface area (Å²) in [5.41, 5.74) is 2.47. The maximum atomic E-state index is 11.6. The molecule has 0 aromatic carbocycles. The monoisotopic (exact) mass is 452 g/mol. The number of halogens is 1. The number of hydrogen-bond acceptors (Lipinski definition) is 3. The van der Waals surface area contributed by atoms with Crippen molar-refractivity contribution in [1.29, 1.82) is 0 Å². The van der Waals surface area contributed by atoms with Crippen molar-refractivity contribution >= 4 is 24.3 Å². The van der Waals surface area contributed by atoms with Crippen molar-refractivity contribution in [2.75, 3.05) is 0 Å². The van der Waals surface area contributed by atoms with Gasteiger partial charge in [-0.25, -0.2) is 4.79 Å². The van der Waals surface area contributed by atoms with Gasteiger partial charge in [0.2, 0.25) is 0 Å². The van der Waals surface area contributed by atoms with Crippen LogP contribution in [-0.4, -0.2) is 23.1 Å². The first-order chi connectivity index (χ1) is 14.2. The van der Waals surface area contributed by atoms with Gasteiger partial charge in [0, 0.05) is 6.92 Å². The molecule has 4 aliphatic carbocycles. The normalized spacial score (nSPS) is 40.8. The summed E-state index contributed by atoms with van der Waals surface area (Å²) in [6, 6.07) is 0. The molecule has 3 fully saturated rings. The Labute approximate surface area is 194 Å². The minimum absolute atomic E-state index is 0. The molecule has 0 spiro atoms. The van der Waals surface area contributed by atoms with E-state index in [1.807, 2.05) is 0 Å². The average molecular weight is 453 g/mol. The van der Waals surface area contributed by atoms with Crippen molar-refractivity contribution in [2.24, 2.45) is 40.4 Å². The van der Waals surface area contributed by atoms with Gasteiger partial charge in [0.05, 0.1) is 0 Å².